The van der Waals surface area contributed by atoms with Crippen LogP contribution in [0.1, 0.15) is 42.7 Å². The van der Waals surface area contributed by atoms with Gasteiger partial charge in [0, 0.05) is 20.6 Å². The lowest BCUT2D eigenvalue weighted by Crippen LogP contribution is -2.36. The maximum atomic E-state index is 13.1. The predicted octanol–water partition coefficient (Wildman–Crippen LogP) is 4.87. The summed E-state index contributed by atoms with van der Waals surface area (Å²) in [7, 11) is 0. The molecule has 0 fully saturated rings. The number of nitrogens with zero attached hydrogens (tertiary/aromatic N) is 1. The largest absolute Gasteiger partial charge is 0.448 e. The number of ether oxygens (including phenoxy) is 1. The molecule has 4 rings (SSSR count). The molecule has 0 unspecified atom stereocenters. The van der Waals surface area contributed by atoms with Crippen LogP contribution in [0.4, 0.5) is 0 Å². The highest BCUT2D eigenvalue weighted by molar-refractivity contribution is 9.10. The quantitative estimate of drug-likeness (QED) is 0.268. The highest BCUT2D eigenvalue weighted by Gasteiger charge is 2.38. The molecule has 0 N–H and O–H groups in total. The topological polar surface area (TPSA) is 80.8 Å². The molecule has 1 atom stereocenters. The van der Waals surface area contributed by atoms with Crippen LogP contribution in [0.5, 0.6) is 0 Å². The van der Waals surface area contributed by atoms with Gasteiger partial charge in [-0.1, -0.05) is 70.0 Å². The Morgan fingerprint density at radius 1 is 0.906 bits per heavy atom. The van der Waals surface area contributed by atoms with Gasteiger partial charge in [-0.3, -0.25) is 24.1 Å². The number of hydrogen-bond donors (Lipinski definition) is 0. The van der Waals surface area contributed by atoms with Crippen molar-refractivity contribution in [1.82, 2.24) is 4.90 Å². The Kier molecular flexibility index (Phi) is 6.21. The fourth-order valence-corrected chi connectivity index (χ4v) is 3.86. The van der Waals surface area contributed by atoms with Crippen molar-refractivity contribution in [3.05, 3.63) is 105 Å². The summed E-state index contributed by atoms with van der Waals surface area (Å²) in [5.41, 5.74) is 1.18. The maximum absolute atomic E-state index is 13.1. The number of rotatable bonds is 6. The van der Waals surface area contributed by atoms with Crippen LogP contribution < -0.4 is 0 Å². The highest BCUT2D eigenvalue weighted by atomic mass is 79.9. The summed E-state index contributed by atoms with van der Waals surface area (Å²) in [6.07, 6.45) is -1.26. The first-order valence-corrected chi connectivity index (χ1v) is 10.7. The van der Waals surface area contributed by atoms with Crippen molar-refractivity contribution in [1.29, 1.82) is 0 Å². The Balaban J connectivity index is 1.57. The summed E-state index contributed by atoms with van der Waals surface area (Å²) >= 11 is 9.21. The second-order valence-corrected chi connectivity index (χ2v) is 8.39. The normalized spacial score (nSPS) is 13.6. The Morgan fingerprint density at radius 2 is 1.56 bits per heavy atom. The van der Waals surface area contributed by atoms with Gasteiger partial charge in [0.2, 0.25) is 5.78 Å². The molecule has 0 aromatic heterocycles. The van der Waals surface area contributed by atoms with Crippen molar-refractivity contribution in [3.63, 3.8) is 0 Å². The summed E-state index contributed by atoms with van der Waals surface area (Å²) in [4.78, 5) is 51.9. The number of fused-ring (bicyclic) bond motifs is 1. The molecule has 0 saturated heterocycles. The highest BCUT2D eigenvalue weighted by Crippen LogP contribution is 2.28. The Hall–Kier alpha value is -3.29. The summed E-state index contributed by atoms with van der Waals surface area (Å²) in [5.74, 6) is -2.51. The van der Waals surface area contributed by atoms with Gasteiger partial charge in [-0.15, -0.1) is 0 Å². The van der Waals surface area contributed by atoms with Crippen molar-refractivity contribution in [2.45, 2.75) is 6.10 Å². The third-order valence-corrected chi connectivity index (χ3v) is 5.68. The number of imide groups is 1. The molecule has 0 aliphatic carbocycles. The van der Waals surface area contributed by atoms with Crippen molar-refractivity contribution in [3.8, 4) is 0 Å². The SMILES string of the molecule is O=C(CN1C(=O)c2ccc(Br)cc2C1=O)O[C@H](C(=O)c1ccccc1)c1ccc(Cl)cc1. The molecular formula is C24H15BrClNO5. The van der Waals surface area contributed by atoms with E-state index in [1.807, 2.05) is 0 Å². The van der Waals surface area contributed by atoms with Crippen molar-refractivity contribution >= 4 is 51.1 Å². The minimum Gasteiger partial charge on any atom is -0.448 e. The van der Waals surface area contributed by atoms with Crippen LogP contribution in [-0.2, 0) is 9.53 Å². The minimum atomic E-state index is -1.26. The minimum absolute atomic E-state index is 0.201. The van der Waals surface area contributed by atoms with E-state index >= 15 is 0 Å². The number of benzene rings is 3. The second kappa shape index (κ2) is 9.06. The van der Waals surface area contributed by atoms with Crippen molar-refractivity contribution in [2.75, 3.05) is 6.54 Å². The van der Waals surface area contributed by atoms with E-state index < -0.39 is 36.2 Å². The van der Waals surface area contributed by atoms with Gasteiger partial charge in [0.05, 0.1) is 11.1 Å². The first kappa shape index (κ1) is 21.9. The zero-order valence-electron chi connectivity index (χ0n) is 16.5. The average molecular weight is 513 g/mol. The molecule has 32 heavy (non-hydrogen) atoms. The van der Waals surface area contributed by atoms with E-state index in [-0.39, 0.29) is 11.1 Å². The molecule has 1 heterocycles. The van der Waals surface area contributed by atoms with Crippen molar-refractivity contribution < 1.29 is 23.9 Å². The van der Waals surface area contributed by atoms with E-state index in [2.05, 4.69) is 15.9 Å². The fraction of sp³-hybridized carbons (Fsp3) is 0.0833. The molecular weight excluding hydrogens is 498 g/mol. The summed E-state index contributed by atoms with van der Waals surface area (Å²) in [5, 5.41) is 0.461. The van der Waals surface area contributed by atoms with Crippen molar-refractivity contribution in [2.24, 2.45) is 0 Å². The van der Waals surface area contributed by atoms with Gasteiger partial charge < -0.3 is 4.74 Å². The Bertz CT molecular complexity index is 1230. The third-order valence-electron chi connectivity index (χ3n) is 4.94. The first-order valence-electron chi connectivity index (χ1n) is 9.55. The van der Waals surface area contributed by atoms with E-state index in [0.717, 1.165) is 4.90 Å². The van der Waals surface area contributed by atoms with Gasteiger partial charge in [-0.25, -0.2) is 0 Å². The van der Waals surface area contributed by atoms with E-state index in [1.165, 1.54) is 12.1 Å². The lowest BCUT2D eigenvalue weighted by Gasteiger charge is -2.19. The molecule has 0 radical (unpaired) electrons. The number of ketones is 1. The van der Waals surface area contributed by atoms with Crippen LogP contribution in [0.15, 0.2) is 77.3 Å². The zero-order chi connectivity index (χ0) is 22.8. The molecule has 2 amide bonds. The van der Waals surface area contributed by atoms with Gasteiger partial charge in [-0.05, 0) is 30.3 Å². The number of esters is 1. The van der Waals surface area contributed by atoms with Crippen LogP contribution >= 0.6 is 27.5 Å². The van der Waals surface area contributed by atoms with Crippen LogP contribution in [0.2, 0.25) is 5.02 Å². The number of Topliss-reactive ketones (excluding diaryl/α,β-unsaturated/α-hetero) is 1. The third kappa shape index (κ3) is 4.35. The monoisotopic (exact) mass is 511 g/mol. The van der Waals surface area contributed by atoms with Crippen LogP contribution in [-0.4, -0.2) is 35.0 Å². The standard InChI is InChI=1S/C24H15BrClNO5/c25-16-8-11-18-19(12-16)24(31)27(23(18)30)13-20(28)32-22(15-6-9-17(26)10-7-15)21(29)14-4-2-1-3-5-14/h1-12,22H,13H2/t22-/m0/s1. The van der Waals surface area contributed by atoms with E-state index in [0.29, 0.717) is 20.6 Å². The number of carbonyl (C=O) groups is 4. The molecule has 1 aliphatic heterocycles. The lowest BCUT2D eigenvalue weighted by molar-refractivity contribution is -0.147. The predicted molar refractivity (Wildman–Crippen MR) is 121 cm³/mol. The summed E-state index contributed by atoms with van der Waals surface area (Å²) < 4.78 is 6.12. The van der Waals surface area contributed by atoms with E-state index in [1.54, 1.807) is 60.7 Å². The van der Waals surface area contributed by atoms with Crippen LogP contribution in [0.25, 0.3) is 0 Å². The van der Waals surface area contributed by atoms with Crippen LogP contribution in [0.3, 0.4) is 0 Å². The number of carbonyl (C=O) groups excluding carboxylic acids is 4. The molecule has 160 valence electrons. The maximum Gasteiger partial charge on any atom is 0.327 e. The molecule has 3 aromatic carbocycles. The number of halogens is 2. The van der Waals surface area contributed by atoms with Gasteiger partial charge >= 0.3 is 5.97 Å². The molecule has 3 aromatic rings. The lowest BCUT2D eigenvalue weighted by atomic mass is 10.00. The smallest absolute Gasteiger partial charge is 0.327 e. The summed E-state index contributed by atoms with van der Waals surface area (Å²) in [6.45, 7) is -0.615. The fourth-order valence-electron chi connectivity index (χ4n) is 3.37. The second-order valence-electron chi connectivity index (χ2n) is 7.04. The Labute approximate surface area is 196 Å². The molecule has 8 heteroatoms. The summed E-state index contributed by atoms with van der Waals surface area (Å²) in [6, 6.07) is 19.4. The zero-order valence-corrected chi connectivity index (χ0v) is 18.8. The van der Waals surface area contributed by atoms with E-state index in [4.69, 9.17) is 16.3 Å². The van der Waals surface area contributed by atoms with Gasteiger partial charge in [0.25, 0.3) is 11.8 Å². The molecule has 0 bridgehead atoms. The molecule has 6 nitrogen and oxygen atoms in total. The van der Waals surface area contributed by atoms with E-state index in [9.17, 15) is 19.2 Å². The molecule has 1 aliphatic rings. The number of amides is 2. The van der Waals surface area contributed by atoms with Gasteiger partial charge in [0.1, 0.15) is 6.54 Å². The van der Waals surface area contributed by atoms with Gasteiger partial charge in [-0.2, -0.15) is 0 Å². The molecule has 0 saturated carbocycles. The first-order chi connectivity index (χ1) is 15.3. The van der Waals surface area contributed by atoms with Gasteiger partial charge in [0.15, 0.2) is 6.10 Å². The Morgan fingerprint density at radius 3 is 2.25 bits per heavy atom. The number of hydrogen-bond acceptors (Lipinski definition) is 5. The van der Waals surface area contributed by atoms with Crippen LogP contribution in [0, 0.1) is 0 Å². The average Bonchev–Trinajstić information content (AvgIpc) is 3.02. The molecule has 0 spiro atoms.